The van der Waals surface area contributed by atoms with Crippen molar-refractivity contribution >= 4 is 11.8 Å². The van der Waals surface area contributed by atoms with Gasteiger partial charge < -0.3 is 5.11 Å². The van der Waals surface area contributed by atoms with Crippen molar-refractivity contribution in [2.45, 2.75) is 31.0 Å². The van der Waals surface area contributed by atoms with Crippen LogP contribution >= 0.6 is 11.8 Å². The van der Waals surface area contributed by atoms with Crippen LogP contribution in [0.1, 0.15) is 23.7 Å². The van der Waals surface area contributed by atoms with Crippen LogP contribution in [-0.4, -0.2) is 21.9 Å². The third-order valence-corrected chi connectivity index (χ3v) is 3.06. The lowest BCUT2D eigenvalue weighted by atomic mass is 10.1. The standard InChI is InChI=1S/C11H14N2OS/c1-7-4-8(2)13-11(10(7)5-12)15-9(3)6-14/h4,9,14H,6H2,1-3H3. The Morgan fingerprint density at radius 2 is 2.27 bits per heavy atom. The van der Waals surface area contributed by atoms with Gasteiger partial charge in [-0.2, -0.15) is 5.26 Å². The fourth-order valence-electron chi connectivity index (χ4n) is 1.25. The van der Waals surface area contributed by atoms with E-state index in [0.717, 1.165) is 16.3 Å². The zero-order valence-corrected chi connectivity index (χ0v) is 9.93. The summed E-state index contributed by atoms with van der Waals surface area (Å²) in [5.74, 6) is 0. The second-order valence-corrected chi connectivity index (χ2v) is 4.91. The van der Waals surface area contributed by atoms with Crippen molar-refractivity contribution < 1.29 is 5.11 Å². The molecule has 1 atom stereocenters. The minimum atomic E-state index is 0.0609. The van der Waals surface area contributed by atoms with Gasteiger partial charge in [0.1, 0.15) is 11.1 Å². The molecule has 15 heavy (non-hydrogen) atoms. The van der Waals surface area contributed by atoms with Gasteiger partial charge in [-0.15, -0.1) is 0 Å². The highest BCUT2D eigenvalue weighted by Gasteiger charge is 2.12. The largest absolute Gasteiger partial charge is 0.395 e. The first-order valence-electron chi connectivity index (χ1n) is 4.74. The predicted octanol–water partition coefficient (Wildman–Crippen LogP) is 2.04. The number of nitriles is 1. The second-order valence-electron chi connectivity index (χ2n) is 3.48. The van der Waals surface area contributed by atoms with Gasteiger partial charge in [0.25, 0.3) is 0 Å². The van der Waals surface area contributed by atoms with E-state index in [1.807, 2.05) is 26.8 Å². The van der Waals surface area contributed by atoms with Gasteiger partial charge in [0.15, 0.2) is 0 Å². The van der Waals surface area contributed by atoms with Crippen LogP contribution in [-0.2, 0) is 0 Å². The zero-order chi connectivity index (χ0) is 11.4. The van der Waals surface area contributed by atoms with Crippen LogP contribution in [0.3, 0.4) is 0 Å². The summed E-state index contributed by atoms with van der Waals surface area (Å²) < 4.78 is 0. The van der Waals surface area contributed by atoms with Crippen molar-refractivity contribution in [1.82, 2.24) is 4.98 Å². The molecule has 0 aliphatic heterocycles. The lowest BCUT2D eigenvalue weighted by Crippen LogP contribution is -2.04. The van der Waals surface area contributed by atoms with Gasteiger partial charge >= 0.3 is 0 Å². The molecular weight excluding hydrogens is 208 g/mol. The van der Waals surface area contributed by atoms with Gasteiger partial charge in [-0.3, -0.25) is 0 Å². The number of aliphatic hydroxyl groups is 1. The molecular formula is C11H14N2OS. The average molecular weight is 222 g/mol. The highest BCUT2D eigenvalue weighted by molar-refractivity contribution is 7.99. The van der Waals surface area contributed by atoms with Gasteiger partial charge in [-0.05, 0) is 25.5 Å². The number of nitrogens with zero attached hydrogens (tertiary/aromatic N) is 2. The Balaban J connectivity index is 3.10. The van der Waals surface area contributed by atoms with Crippen LogP contribution in [0.5, 0.6) is 0 Å². The Morgan fingerprint density at radius 3 is 2.80 bits per heavy atom. The van der Waals surface area contributed by atoms with E-state index >= 15 is 0 Å². The Labute approximate surface area is 94.2 Å². The maximum Gasteiger partial charge on any atom is 0.115 e. The first-order valence-corrected chi connectivity index (χ1v) is 5.62. The highest BCUT2D eigenvalue weighted by Crippen LogP contribution is 2.26. The summed E-state index contributed by atoms with van der Waals surface area (Å²) in [6.45, 7) is 5.80. The van der Waals surface area contributed by atoms with Crippen molar-refractivity contribution in [3.63, 3.8) is 0 Å². The van der Waals surface area contributed by atoms with E-state index in [1.54, 1.807) is 0 Å². The summed E-state index contributed by atoms with van der Waals surface area (Å²) >= 11 is 1.44. The van der Waals surface area contributed by atoms with E-state index in [-0.39, 0.29) is 11.9 Å². The van der Waals surface area contributed by atoms with Gasteiger partial charge in [-0.1, -0.05) is 18.7 Å². The van der Waals surface area contributed by atoms with Crippen molar-refractivity contribution in [2.24, 2.45) is 0 Å². The van der Waals surface area contributed by atoms with Crippen molar-refractivity contribution in [3.8, 4) is 6.07 Å². The normalized spacial score (nSPS) is 12.2. The van der Waals surface area contributed by atoms with Gasteiger partial charge in [0.2, 0.25) is 0 Å². The Kier molecular flexibility index (Phi) is 4.13. The monoisotopic (exact) mass is 222 g/mol. The van der Waals surface area contributed by atoms with Crippen molar-refractivity contribution in [3.05, 3.63) is 22.9 Å². The molecule has 0 saturated carbocycles. The molecule has 0 saturated heterocycles. The Morgan fingerprint density at radius 1 is 1.60 bits per heavy atom. The average Bonchev–Trinajstić information content (AvgIpc) is 2.17. The minimum Gasteiger partial charge on any atom is -0.395 e. The number of thioether (sulfide) groups is 1. The Hall–Kier alpha value is -1.05. The van der Waals surface area contributed by atoms with E-state index in [2.05, 4.69) is 11.1 Å². The summed E-state index contributed by atoms with van der Waals surface area (Å²) in [6, 6.07) is 4.05. The van der Waals surface area contributed by atoms with Crippen LogP contribution in [0.15, 0.2) is 11.1 Å². The quantitative estimate of drug-likeness (QED) is 0.795. The molecule has 3 nitrogen and oxygen atoms in total. The SMILES string of the molecule is Cc1cc(C)c(C#N)c(SC(C)CO)n1. The first-order chi connectivity index (χ1) is 7.08. The first kappa shape index (κ1) is 12.0. The molecule has 1 N–H and O–H groups in total. The fraction of sp³-hybridized carbons (Fsp3) is 0.455. The van der Waals surface area contributed by atoms with Crippen molar-refractivity contribution in [2.75, 3.05) is 6.61 Å². The summed E-state index contributed by atoms with van der Waals surface area (Å²) in [4.78, 5) is 4.32. The number of rotatable bonds is 3. The van der Waals surface area contributed by atoms with Crippen LogP contribution in [0, 0.1) is 25.2 Å². The summed E-state index contributed by atoms with van der Waals surface area (Å²) in [5, 5.41) is 18.8. The molecule has 1 rings (SSSR count). The summed E-state index contributed by atoms with van der Waals surface area (Å²) in [7, 11) is 0. The second kappa shape index (κ2) is 5.15. The minimum absolute atomic E-state index is 0.0609. The van der Waals surface area contributed by atoms with Crippen LogP contribution in [0.2, 0.25) is 0 Å². The van der Waals surface area contributed by atoms with Crippen LogP contribution < -0.4 is 0 Å². The van der Waals surface area contributed by atoms with Crippen LogP contribution in [0.25, 0.3) is 0 Å². The number of aryl methyl sites for hydroxylation is 2. The fourth-order valence-corrected chi connectivity index (χ4v) is 2.23. The number of hydrogen-bond donors (Lipinski definition) is 1. The van der Waals surface area contributed by atoms with Gasteiger partial charge in [-0.25, -0.2) is 4.98 Å². The maximum atomic E-state index is 9.01. The molecule has 0 aliphatic carbocycles. The smallest absolute Gasteiger partial charge is 0.115 e. The Bertz CT molecular complexity index is 398. The van der Waals surface area contributed by atoms with Gasteiger partial charge in [0.05, 0.1) is 12.2 Å². The van der Waals surface area contributed by atoms with Crippen LogP contribution in [0.4, 0.5) is 0 Å². The van der Waals surface area contributed by atoms with E-state index in [1.165, 1.54) is 11.8 Å². The molecule has 1 heterocycles. The molecule has 1 aromatic rings. The summed E-state index contributed by atoms with van der Waals surface area (Å²) in [6.07, 6.45) is 0. The van der Waals surface area contributed by atoms with E-state index in [0.29, 0.717) is 5.56 Å². The topological polar surface area (TPSA) is 56.9 Å². The molecule has 0 radical (unpaired) electrons. The number of aliphatic hydroxyl groups excluding tert-OH is 1. The van der Waals surface area contributed by atoms with E-state index < -0.39 is 0 Å². The molecule has 0 aromatic carbocycles. The molecule has 1 unspecified atom stereocenters. The predicted molar refractivity (Wildman–Crippen MR) is 60.8 cm³/mol. The molecule has 0 aliphatic rings. The summed E-state index contributed by atoms with van der Waals surface area (Å²) in [5.41, 5.74) is 2.46. The molecule has 0 bridgehead atoms. The third kappa shape index (κ3) is 2.95. The van der Waals surface area contributed by atoms with Crippen molar-refractivity contribution in [1.29, 1.82) is 5.26 Å². The molecule has 0 spiro atoms. The number of pyridine rings is 1. The molecule has 4 heteroatoms. The highest BCUT2D eigenvalue weighted by atomic mass is 32.2. The molecule has 0 amide bonds. The zero-order valence-electron chi connectivity index (χ0n) is 9.11. The molecule has 0 fully saturated rings. The number of hydrogen-bond acceptors (Lipinski definition) is 4. The maximum absolute atomic E-state index is 9.01. The lowest BCUT2D eigenvalue weighted by Gasteiger charge is -2.10. The van der Waals surface area contributed by atoms with E-state index in [4.69, 9.17) is 10.4 Å². The lowest BCUT2D eigenvalue weighted by molar-refractivity contribution is 0.300. The molecule has 80 valence electrons. The number of aromatic nitrogens is 1. The third-order valence-electron chi connectivity index (χ3n) is 1.99. The molecule has 1 aromatic heterocycles. The van der Waals surface area contributed by atoms with Gasteiger partial charge in [0, 0.05) is 10.9 Å². The van der Waals surface area contributed by atoms with E-state index in [9.17, 15) is 0 Å².